The van der Waals surface area contributed by atoms with Crippen LogP contribution < -0.4 is 4.74 Å². The highest BCUT2D eigenvalue weighted by Crippen LogP contribution is 2.22. The first-order valence-electron chi connectivity index (χ1n) is 7.74. The molecule has 0 saturated carbocycles. The fourth-order valence-electron chi connectivity index (χ4n) is 2.24. The summed E-state index contributed by atoms with van der Waals surface area (Å²) >= 11 is 0. The molecule has 0 amide bonds. The van der Waals surface area contributed by atoms with Gasteiger partial charge in [0.15, 0.2) is 5.78 Å². The van der Waals surface area contributed by atoms with Crippen molar-refractivity contribution in [2.45, 2.75) is 32.6 Å². The third kappa shape index (κ3) is 4.71. The number of carbonyl (C=O) groups excluding carboxylic acids is 1. The van der Waals surface area contributed by atoms with Crippen LogP contribution in [0.2, 0.25) is 0 Å². The van der Waals surface area contributed by atoms with Crippen molar-refractivity contribution in [3.8, 4) is 11.5 Å². The molecule has 0 aromatic heterocycles. The molecular weight excluding hydrogens is 276 g/mol. The van der Waals surface area contributed by atoms with Gasteiger partial charge in [0.25, 0.3) is 0 Å². The van der Waals surface area contributed by atoms with Crippen LogP contribution in [0, 0.1) is 0 Å². The fraction of sp³-hybridized carbons (Fsp3) is 0.316. The second-order valence-corrected chi connectivity index (χ2v) is 5.31. The summed E-state index contributed by atoms with van der Waals surface area (Å²) in [5.74, 6) is 1.16. The summed E-state index contributed by atoms with van der Waals surface area (Å²) in [5.41, 5.74) is 1.81. The van der Waals surface area contributed by atoms with Crippen LogP contribution in [0.4, 0.5) is 0 Å². The molecule has 22 heavy (non-hydrogen) atoms. The van der Waals surface area contributed by atoms with E-state index in [1.165, 1.54) is 24.8 Å². The first kappa shape index (κ1) is 16.2. The summed E-state index contributed by atoms with van der Waals surface area (Å²) in [7, 11) is 0. The monoisotopic (exact) mass is 298 g/mol. The molecule has 0 unspecified atom stereocenters. The number of ketones is 1. The van der Waals surface area contributed by atoms with Crippen molar-refractivity contribution in [1.82, 2.24) is 0 Å². The zero-order valence-corrected chi connectivity index (χ0v) is 12.9. The van der Waals surface area contributed by atoms with Gasteiger partial charge in [0.1, 0.15) is 18.1 Å². The minimum absolute atomic E-state index is 0.289. The van der Waals surface area contributed by atoms with E-state index in [1.54, 1.807) is 24.3 Å². The molecule has 0 heterocycles. The minimum Gasteiger partial charge on any atom is -0.457 e. The Balaban J connectivity index is 1.94. The van der Waals surface area contributed by atoms with Crippen LogP contribution in [0.5, 0.6) is 11.5 Å². The van der Waals surface area contributed by atoms with E-state index in [4.69, 9.17) is 9.84 Å². The predicted molar refractivity (Wildman–Crippen MR) is 87.6 cm³/mol. The van der Waals surface area contributed by atoms with Gasteiger partial charge in [0.2, 0.25) is 0 Å². The van der Waals surface area contributed by atoms with Gasteiger partial charge in [0, 0.05) is 5.56 Å². The lowest BCUT2D eigenvalue weighted by molar-refractivity contribution is 0.0903. The fourth-order valence-corrected chi connectivity index (χ4v) is 2.24. The Morgan fingerprint density at radius 3 is 2.09 bits per heavy atom. The Kier molecular flexibility index (Phi) is 6.16. The Morgan fingerprint density at radius 1 is 0.955 bits per heavy atom. The van der Waals surface area contributed by atoms with E-state index in [0.717, 1.165) is 12.2 Å². The molecule has 0 atom stereocenters. The van der Waals surface area contributed by atoms with E-state index in [0.29, 0.717) is 11.3 Å². The van der Waals surface area contributed by atoms with E-state index >= 15 is 0 Å². The van der Waals surface area contributed by atoms with Gasteiger partial charge in [-0.05, 0) is 54.8 Å². The number of carbonyl (C=O) groups is 1. The second kappa shape index (κ2) is 8.35. The molecule has 2 aromatic carbocycles. The molecule has 116 valence electrons. The van der Waals surface area contributed by atoms with Crippen molar-refractivity contribution in [2.75, 3.05) is 6.61 Å². The maximum Gasteiger partial charge on any atom is 0.188 e. The van der Waals surface area contributed by atoms with Crippen LogP contribution in [-0.2, 0) is 6.42 Å². The summed E-state index contributed by atoms with van der Waals surface area (Å²) in [6.07, 6.45) is 4.82. The van der Waals surface area contributed by atoms with Crippen molar-refractivity contribution in [3.63, 3.8) is 0 Å². The van der Waals surface area contributed by atoms with Gasteiger partial charge < -0.3 is 9.84 Å². The van der Waals surface area contributed by atoms with Crippen LogP contribution >= 0.6 is 0 Å². The van der Waals surface area contributed by atoms with Crippen molar-refractivity contribution in [1.29, 1.82) is 0 Å². The first-order valence-corrected chi connectivity index (χ1v) is 7.74. The number of benzene rings is 2. The molecular formula is C19H22O3. The molecule has 0 aliphatic rings. The zero-order valence-electron chi connectivity index (χ0n) is 12.9. The summed E-state index contributed by atoms with van der Waals surface area (Å²) in [6.45, 7) is 1.73. The quantitative estimate of drug-likeness (QED) is 0.581. The number of aliphatic hydroxyl groups is 1. The number of ether oxygens (including phenoxy) is 1. The Morgan fingerprint density at radius 2 is 1.55 bits per heavy atom. The van der Waals surface area contributed by atoms with Crippen LogP contribution in [0.25, 0.3) is 0 Å². The number of unbranched alkanes of at least 4 members (excludes halogenated alkanes) is 2. The average molecular weight is 298 g/mol. The van der Waals surface area contributed by atoms with Crippen molar-refractivity contribution in [3.05, 3.63) is 59.7 Å². The van der Waals surface area contributed by atoms with E-state index in [2.05, 4.69) is 19.1 Å². The van der Waals surface area contributed by atoms with Crippen LogP contribution in [0.15, 0.2) is 48.5 Å². The van der Waals surface area contributed by atoms with Crippen LogP contribution in [0.1, 0.15) is 42.1 Å². The zero-order chi connectivity index (χ0) is 15.8. The number of rotatable bonds is 8. The van der Waals surface area contributed by atoms with E-state index in [-0.39, 0.29) is 5.78 Å². The number of hydrogen-bond acceptors (Lipinski definition) is 3. The highest BCUT2D eigenvalue weighted by Gasteiger charge is 2.04. The smallest absolute Gasteiger partial charge is 0.188 e. The van der Waals surface area contributed by atoms with E-state index in [9.17, 15) is 4.79 Å². The predicted octanol–water partition coefficient (Wildman–Crippen LogP) is 4.39. The Labute approximate surface area is 131 Å². The molecule has 0 bridgehead atoms. The molecule has 0 aliphatic heterocycles. The third-order valence-corrected chi connectivity index (χ3v) is 3.55. The van der Waals surface area contributed by atoms with E-state index in [1.807, 2.05) is 12.1 Å². The third-order valence-electron chi connectivity index (χ3n) is 3.55. The number of aliphatic hydroxyl groups excluding tert-OH is 1. The Hall–Kier alpha value is -2.13. The first-order chi connectivity index (χ1) is 10.7. The van der Waals surface area contributed by atoms with Gasteiger partial charge in [-0.25, -0.2) is 0 Å². The molecule has 0 spiro atoms. The topological polar surface area (TPSA) is 46.5 Å². The molecule has 3 heteroatoms. The molecule has 0 saturated heterocycles. The number of aryl methyl sites for hydroxylation is 1. The largest absolute Gasteiger partial charge is 0.457 e. The molecule has 0 radical (unpaired) electrons. The highest BCUT2D eigenvalue weighted by atomic mass is 16.5. The second-order valence-electron chi connectivity index (χ2n) is 5.31. The van der Waals surface area contributed by atoms with Crippen molar-refractivity contribution < 1.29 is 14.6 Å². The van der Waals surface area contributed by atoms with Gasteiger partial charge in [-0.1, -0.05) is 31.9 Å². The summed E-state index contributed by atoms with van der Waals surface area (Å²) < 4.78 is 5.75. The molecule has 0 fully saturated rings. The van der Waals surface area contributed by atoms with Crippen molar-refractivity contribution >= 4 is 5.78 Å². The highest BCUT2D eigenvalue weighted by molar-refractivity contribution is 5.96. The molecule has 2 rings (SSSR count). The summed E-state index contributed by atoms with van der Waals surface area (Å²) in [6, 6.07) is 14.9. The lowest BCUT2D eigenvalue weighted by Gasteiger charge is -2.07. The lowest BCUT2D eigenvalue weighted by atomic mass is 10.1. The standard InChI is InChI=1S/C19H22O3/c1-2-3-4-5-15-6-10-17(11-7-15)22-18-12-8-16(9-13-18)19(21)14-20/h6-13,20H,2-5,14H2,1H3. The number of Topliss-reactive ketones (excluding diaryl/α,β-unsaturated/α-hetero) is 1. The molecule has 2 aromatic rings. The average Bonchev–Trinajstić information content (AvgIpc) is 2.57. The van der Waals surface area contributed by atoms with Gasteiger partial charge in [0.05, 0.1) is 0 Å². The molecule has 0 aliphatic carbocycles. The normalized spacial score (nSPS) is 10.5. The lowest BCUT2D eigenvalue weighted by Crippen LogP contribution is -2.03. The minimum atomic E-state index is -0.473. The SMILES string of the molecule is CCCCCc1ccc(Oc2ccc(C(=O)CO)cc2)cc1. The maximum absolute atomic E-state index is 11.3. The van der Waals surface area contributed by atoms with Crippen molar-refractivity contribution in [2.24, 2.45) is 0 Å². The van der Waals surface area contributed by atoms with Gasteiger partial charge in [-0.2, -0.15) is 0 Å². The van der Waals surface area contributed by atoms with Crippen LogP contribution in [-0.4, -0.2) is 17.5 Å². The molecule has 3 nitrogen and oxygen atoms in total. The molecule has 1 N–H and O–H groups in total. The van der Waals surface area contributed by atoms with Gasteiger partial charge >= 0.3 is 0 Å². The Bertz CT molecular complexity index is 585. The van der Waals surface area contributed by atoms with Gasteiger partial charge in [-0.15, -0.1) is 0 Å². The van der Waals surface area contributed by atoms with E-state index < -0.39 is 6.61 Å². The van der Waals surface area contributed by atoms with Crippen LogP contribution in [0.3, 0.4) is 0 Å². The maximum atomic E-state index is 11.3. The summed E-state index contributed by atoms with van der Waals surface area (Å²) in [4.78, 5) is 11.3. The summed E-state index contributed by atoms with van der Waals surface area (Å²) in [5, 5.41) is 8.82. The number of hydrogen-bond donors (Lipinski definition) is 1. The van der Waals surface area contributed by atoms with Gasteiger partial charge in [-0.3, -0.25) is 4.79 Å².